The van der Waals surface area contributed by atoms with E-state index in [1.165, 1.54) is 32.7 Å². The summed E-state index contributed by atoms with van der Waals surface area (Å²) in [5.41, 5.74) is 0. The number of likely N-dealkylation sites (N-methyl/N-ethyl adjacent to an activating group) is 1. The van der Waals surface area contributed by atoms with Crippen LogP contribution in [0.3, 0.4) is 0 Å². The van der Waals surface area contributed by atoms with Crippen LogP contribution in [-0.2, 0) is 4.74 Å². The first kappa shape index (κ1) is 18.0. The van der Waals surface area contributed by atoms with Gasteiger partial charge in [-0.1, -0.05) is 0 Å². The molecule has 1 saturated carbocycles. The number of methoxy groups -OCH3 is 1. The third-order valence-electron chi connectivity index (χ3n) is 6.06. The molecule has 2 saturated heterocycles. The number of likely N-dealkylation sites (tertiary alicyclic amines) is 1. The third-order valence-corrected chi connectivity index (χ3v) is 6.06. The van der Waals surface area contributed by atoms with Gasteiger partial charge in [-0.3, -0.25) is 0 Å². The quantitative estimate of drug-likeness (QED) is 0.837. The highest BCUT2D eigenvalue weighted by Crippen LogP contribution is 2.23. The molecule has 0 aromatic carbocycles. The maximum Gasteiger partial charge on any atom is 0.317 e. The second kappa shape index (κ2) is 8.50. The summed E-state index contributed by atoms with van der Waals surface area (Å²) in [5, 5.41) is 3.21. The summed E-state index contributed by atoms with van der Waals surface area (Å²) in [6.45, 7) is 7.78. The SMILES string of the molecule is CO[C@@H]1CC[C@H](NC(=O)N2CCC(CN3CCN(C)CC3)CC2)C1. The van der Waals surface area contributed by atoms with Crippen LogP contribution in [0.4, 0.5) is 4.79 Å². The Morgan fingerprint density at radius 1 is 1.04 bits per heavy atom. The van der Waals surface area contributed by atoms with Crippen molar-refractivity contribution in [1.29, 1.82) is 0 Å². The Balaban J connectivity index is 1.35. The number of carbonyl (C=O) groups is 1. The molecule has 1 N–H and O–H groups in total. The predicted octanol–water partition coefficient (Wildman–Crippen LogP) is 1.22. The summed E-state index contributed by atoms with van der Waals surface area (Å²) < 4.78 is 5.39. The van der Waals surface area contributed by atoms with Crippen molar-refractivity contribution in [3.8, 4) is 0 Å². The number of ether oxygens (including phenoxy) is 1. The first-order chi connectivity index (χ1) is 11.6. The molecule has 2 heterocycles. The molecule has 0 aromatic heterocycles. The van der Waals surface area contributed by atoms with Crippen LogP contribution < -0.4 is 5.32 Å². The van der Waals surface area contributed by atoms with Gasteiger partial charge in [0.25, 0.3) is 0 Å². The van der Waals surface area contributed by atoms with Crippen molar-refractivity contribution in [2.75, 3.05) is 60.0 Å². The summed E-state index contributed by atoms with van der Waals surface area (Å²) in [5.74, 6) is 0.752. The van der Waals surface area contributed by atoms with Gasteiger partial charge in [0.15, 0.2) is 0 Å². The van der Waals surface area contributed by atoms with Gasteiger partial charge in [0.1, 0.15) is 0 Å². The van der Waals surface area contributed by atoms with Crippen LogP contribution in [0.15, 0.2) is 0 Å². The summed E-state index contributed by atoms with van der Waals surface area (Å²) in [6, 6.07) is 0.431. The average molecular weight is 338 g/mol. The third kappa shape index (κ3) is 4.83. The average Bonchev–Trinajstić information content (AvgIpc) is 3.05. The molecule has 1 aliphatic carbocycles. The Bertz CT molecular complexity index is 404. The Kier molecular flexibility index (Phi) is 6.36. The van der Waals surface area contributed by atoms with E-state index in [2.05, 4.69) is 22.2 Å². The molecular formula is C18H34N4O2. The molecule has 6 heteroatoms. The fourth-order valence-electron chi connectivity index (χ4n) is 4.27. The maximum atomic E-state index is 12.4. The summed E-state index contributed by atoms with van der Waals surface area (Å²) in [6.07, 6.45) is 5.68. The highest BCUT2D eigenvalue weighted by Gasteiger charge is 2.29. The minimum atomic E-state index is 0.134. The smallest absolute Gasteiger partial charge is 0.317 e. The highest BCUT2D eigenvalue weighted by atomic mass is 16.5. The molecule has 2 aliphatic heterocycles. The Morgan fingerprint density at radius 3 is 2.38 bits per heavy atom. The standard InChI is InChI=1S/C18H34N4O2/c1-20-9-11-21(12-10-20)14-15-5-7-22(8-6-15)18(23)19-16-3-4-17(13-16)24-2/h15-17H,3-14H2,1-2H3,(H,19,23)/t16-,17+/m0/s1. The zero-order valence-corrected chi connectivity index (χ0v) is 15.4. The van der Waals surface area contributed by atoms with Crippen LogP contribution in [-0.4, -0.2) is 92.8 Å². The lowest BCUT2D eigenvalue weighted by Gasteiger charge is -2.38. The van der Waals surface area contributed by atoms with Crippen molar-refractivity contribution in [2.24, 2.45) is 5.92 Å². The molecule has 3 rings (SSSR count). The summed E-state index contributed by atoms with van der Waals surface area (Å²) in [7, 11) is 3.97. The van der Waals surface area contributed by atoms with E-state index in [1.54, 1.807) is 7.11 Å². The van der Waals surface area contributed by atoms with Gasteiger partial charge in [-0.15, -0.1) is 0 Å². The van der Waals surface area contributed by atoms with E-state index in [-0.39, 0.29) is 6.03 Å². The number of hydrogen-bond acceptors (Lipinski definition) is 4. The Morgan fingerprint density at radius 2 is 1.75 bits per heavy atom. The summed E-state index contributed by atoms with van der Waals surface area (Å²) in [4.78, 5) is 19.5. The van der Waals surface area contributed by atoms with E-state index in [0.29, 0.717) is 12.1 Å². The number of nitrogens with zero attached hydrogens (tertiary/aromatic N) is 3. The molecule has 138 valence electrons. The first-order valence-electron chi connectivity index (χ1n) is 9.63. The topological polar surface area (TPSA) is 48.1 Å². The van der Waals surface area contributed by atoms with Gasteiger partial charge >= 0.3 is 6.03 Å². The van der Waals surface area contributed by atoms with Crippen LogP contribution in [0.25, 0.3) is 0 Å². The number of piperidine rings is 1. The first-order valence-corrected chi connectivity index (χ1v) is 9.63. The lowest BCUT2D eigenvalue weighted by atomic mass is 9.96. The number of piperazine rings is 1. The zero-order chi connectivity index (χ0) is 16.9. The molecule has 2 amide bonds. The molecule has 3 aliphatic rings. The minimum Gasteiger partial charge on any atom is -0.381 e. The Labute approximate surface area is 146 Å². The minimum absolute atomic E-state index is 0.134. The van der Waals surface area contributed by atoms with Gasteiger partial charge in [0.05, 0.1) is 6.10 Å². The molecule has 0 unspecified atom stereocenters. The largest absolute Gasteiger partial charge is 0.381 e. The molecule has 0 radical (unpaired) electrons. The molecular weight excluding hydrogens is 304 g/mol. The Hall–Kier alpha value is -0.850. The van der Waals surface area contributed by atoms with E-state index in [9.17, 15) is 4.79 Å². The van der Waals surface area contributed by atoms with E-state index >= 15 is 0 Å². The lowest BCUT2D eigenvalue weighted by molar-refractivity contribution is 0.104. The van der Waals surface area contributed by atoms with Crippen molar-refractivity contribution in [3.63, 3.8) is 0 Å². The van der Waals surface area contributed by atoms with Crippen LogP contribution in [0.2, 0.25) is 0 Å². The van der Waals surface area contributed by atoms with Crippen molar-refractivity contribution in [3.05, 3.63) is 0 Å². The molecule has 0 spiro atoms. The molecule has 24 heavy (non-hydrogen) atoms. The highest BCUT2D eigenvalue weighted by molar-refractivity contribution is 5.74. The number of nitrogens with one attached hydrogen (secondary N) is 1. The number of carbonyl (C=O) groups excluding carboxylic acids is 1. The fourth-order valence-corrected chi connectivity index (χ4v) is 4.27. The van der Waals surface area contributed by atoms with Crippen molar-refractivity contribution < 1.29 is 9.53 Å². The summed E-state index contributed by atoms with van der Waals surface area (Å²) >= 11 is 0. The number of urea groups is 1. The second-order valence-corrected chi connectivity index (χ2v) is 7.85. The van der Waals surface area contributed by atoms with Gasteiger partial charge in [0, 0.05) is 59.0 Å². The van der Waals surface area contributed by atoms with Crippen molar-refractivity contribution in [1.82, 2.24) is 20.0 Å². The van der Waals surface area contributed by atoms with E-state index in [0.717, 1.165) is 51.1 Å². The van der Waals surface area contributed by atoms with Crippen molar-refractivity contribution >= 4 is 6.03 Å². The molecule has 0 aromatic rings. The lowest BCUT2D eigenvalue weighted by Crippen LogP contribution is -2.50. The zero-order valence-electron chi connectivity index (χ0n) is 15.4. The van der Waals surface area contributed by atoms with Gasteiger partial charge in [0.2, 0.25) is 0 Å². The van der Waals surface area contributed by atoms with Gasteiger partial charge in [-0.25, -0.2) is 4.79 Å². The molecule has 6 nitrogen and oxygen atoms in total. The number of hydrogen-bond donors (Lipinski definition) is 1. The van der Waals surface area contributed by atoms with Gasteiger partial charge < -0.3 is 24.8 Å². The van der Waals surface area contributed by atoms with E-state index in [4.69, 9.17) is 4.74 Å². The van der Waals surface area contributed by atoms with Gasteiger partial charge in [-0.05, 0) is 45.1 Å². The van der Waals surface area contributed by atoms with Crippen LogP contribution in [0.5, 0.6) is 0 Å². The van der Waals surface area contributed by atoms with Crippen molar-refractivity contribution in [2.45, 2.75) is 44.2 Å². The number of rotatable bonds is 4. The van der Waals surface area contributed by atoms with Gasteiger partial charge in [-0.2, -0.15) is 0 Å². The van der Waals surface area contributed by atoms with Crippen LogP contribution in [0, 0.1) is 5.92 Å². The van der Waals surface area contributed by atoms with E-state index < -0.39 is 0 Å². The maximum absolute atomic E-state index is 12.4. The number of amides is 2. The van der Waals surface area contributed by atoms with E-state index in [1.807, 2.05) is 4.90 Å². The predicted molar refractivity (Wildman–Crippen MR) is 95.2 cm³/mol. The normalized spacial score (nSPS) is 30.7. The fraction of sp³-hybridized carbons (Fsp3) is 0.944. The molecule has 0 bridgehead atoms. The monoisotopic (exact) mass is 338 g/mol. The second-order valence-electron chi connectivity index (χ2n) is 7.85. The van der Waals surface area contributed by atoms with Crippen LogP contribution in [0.1, 0.15) is 32.1 Å². The molecule has 3 fully saturated rings. The molecule has 2 atom stereocenters. The van der Waals surface area contributed by atoms with Crippen LogP contribution >= 0.6 is 0 Å².